The molecule has 100 valence electrons. The highest BCUT2D eigenvalue weighted by Crippen LogP contribution is 2.07. The molecule has 1 heterocycles. The van der Waals surface area contributed by atoms with Gasteiger partial charge in [-0.25, -0.2) is 0 Å². The quantitative estimate of drug-likeness (QED) is 0.681. The Bertz CT molecular complexity index is 235. The summed E-state index contributed by atoms with van der Waals surface area (Å²) in [6, 6.07) is -0.0206. The molecular formula is C12H26N4O. The minimum atomic E-state index is -0.0206. The van der Waals surface area contributed by atoms with Gasteiger partial charge in [-0.05, 0) is 26.8 Å². The molecule has 3 N–H and O–H groups in total. The second kappa shape index (κ2) is 7.63. The average Bonchev–Trinajstić information content (AvgIpc) is 2.54. The highest BCUT2D eigenvalue weighted by atomic mass is 16.2. The molecule has 1 fully saturated rings. The van der Waals surface area contributed by atoms with Crippen molar-refractivity contribution in [2.75, 3.05) is 45.8 Å². The molecule has 1 saturated heterocycles. The van der Waals surface area contributed by atoms with Crippen LogP contribution in [-0.4, -0.2) is 67.6 Å². The molecule has 1 unspecified atom stereocenters. The van der Waals surface area contributed by atoms with E-state index in [-0.39, 0.29) is 11.9 Å². The van der Waals surface area contributed by atoms with Gasteiger partial charge in [0.15, 0.2) is 0 Å². The highest BCUT2D eigenvalue weighted by molar-refractivity contribution is 5.81. The molecule has 0 aromatic rings. The van der Waals surface area contributed by atoms with Crippen molar-refractivity contribution < 1.29 is 4.79 Å². The molecule has 1 atom stereocenters. The Morgan fingerprint density at radius 2 is 2.12 bits per heavy atom. The lowest BCUT2D eigenvalue weighted by molar-refractivity contribution is -0.125. The van der Waals surface area contributed by atoms with Crippen LogP contribution in [0.4, 0.5) is 0 Å². The van der Waals surface area contributed by atoms with Gasteiger partial charge in [0.25, 0.3) is 0 Å². The fraction of sp³-hybridized carbons (Fsp3) is 0.917. The molecule has 1 rings (SSSR count). The minimum Gasteiger partial charge on any atom is -0.355 e. The van der Waals surface area contributed by atoms with Gasteiger partial charge in [0.1, 0.15) is 0 Å². The highest BCUT2D eigenvalue weighted by Gasteiger charge is 2.23. The van der Waals surface area contributed by atoms with E-state index in [2.05, 4.69) is 15.1 Å². The Morgan fingerprint density at radius 1 is 1.35 bits per heavy atom. The Hall–Kier alpha value is -0.650. The number of hydrogen-bond donors (Lipinski definition) is 2. The maximum atomic E-state index is 11.8. The van der Waals surface area contributed by atoms with Gasteiger partial charge in [-0.15, -0.1) is 0 Å². The summed E-state index contributed by atoms with van der Waals surface area (Å²) >= 11 is 0. The summed E-state index contributed by atoms with van der Waals surface area (Å²) < 4.78 is 0. The third kappa shape index (κ3) is 4.61. The first-order chi connectivity index (χ1) is 8.19. The molecule has 0 aromatic heterocycles. The van der Waals surface area contributed by atoms with Gasteiger partial charge in [-0.3, -0.25) is 9.69 Å². The fourth-order valence-electron chi connectivity index (χ4n) is 2.27. The number of hydrogen-bond acceptors (Lipinski definition) is 4. The van der Waals surface area contributed by atoms with Gasteiger partial charge in [-0.2, -0.15) is 0 Å². The monoisotopic (exact) mass is 242 g/mol. The van der Waals surface area contributed by atoms with Gasteiger partial charge >= 0.3 is 0 Å². The first-order valence-corrected chi connectivity index (χ1v) is 6.63. The summed E-state index contributed by atoms with van der Waals surface area (Å²) in [5, 5.41) is 2.89. The van der Waals surface area contributed by atoms with Crippen molar-refractivity contribution in [3.05, 3.63) is 0 Å². The number of nitrogens with one attached hydrogen (secondary N) is 1. The van der Waals surface area contributed by atoms with E-state index in [4.69, 9.17) is 5.73 Å². The van der Waals surface area contributed by atoms with Crippen LogP contribution in [0.15, 0.2) is 0 Å². The minimum absolute atomic E-state index is 0.0206. The number of likely N-dealkylation sites (N-methyl/N-ethyl adjacent to an activating group) is 1. The SMILES string of the molecule is CCNC(=O)C(C)N1CCCN(CCN)CC1. The van der Waals surface area contributed by atoms with Crippen molar-refractivity contribution in [3.8, 4) is 0 Å². The Balaban J connectivity index is 2.42. The maximum Gasteiger partial charge on any atom is 0.237 e. The van der Waals surface area contributed by atoms with E-state index in [1.54, 1.807) is 0 Å². The predicted octanol–water partition coefficient (Wildman–Crippen LogP) is -0.523. The van der Waals surface area contributed by atoms with Crippen molar-refractivity contribution in [2.45, 2.75) is 26.3 Å². The fourth-order valence-corrected chi connectivity index (χ4v) is 2.27. The standard InChI is InChI=1S/C12H26N4O/c1-3-14-12(17)11(2)16-7-4-6-15(8-5-13)9-10-16/h11H,3-10,13H2,1-2H3,(H,14,17). The first kappa shape index (κ1) is 14.4. The van der Waals surface area contributed by atoms with E-state index in [1.807, 2.05) is 13.8 Å². The number of nitrogens with zero attached hydrogens (tertiary/aromatic N) is 2. The van der Waals surface area contributed by atoms with Crippen molar-refractivity contribution in [2.24, 2.45) is 5.73 Å². The van der Waals surface area contributed by atoms with Crippen LogP contribution >= 0.6 is 0 Å². The first-order valence-electron chi connectivity index (χ1n) is 6.63. The second-order valence-electron chi connectivity index (χ2n) is 4.59. The lowest BCUT2D eigenvalue weighted by Gasteiger charge is -2.26. The van der Waals surface area contributed by atoms with Crippen molar-refractivity contribution >= 4 is 5.91 Å². The number of amides is 1. The smallest absolute Gasteiger partial charge is 0.237 e. The average molecular weight is 242 g/mol. The van der Waals surface area contributed by atoms with E-state index < -0.39 is 0 Å². The molecule has 5 nitrogen and oxygen atoms in total. The summed E-state index contributed by atoms with van der Waals surface area (Å²) in [5.74, 6) is 0.139. The topological polar surface area (TPSA) is 61.6 Å². The van der Waals surface area contributed by atoms with Gasteiger partial charge in [0.2, 0.25) is 5.91 Å². The van der Waals surface area contributed by atoms with Crippen LogP contribution in [0.3, 0.4) is 0 Å². The third-order valence-electron chi connectivity index (χ3n) is 3.35. The van der Waals surface area contributed by atoms with Crippen LogP contribution in [0, 0.1) is 0 Å². The molecule has 0 saturated carbocycles. The van der Waals surface area contributed by atoms with Crippen LogP contribution in [0.5, 0.6) is 0 Å². The normalized spacial score (nSPS) is 20.9. The van der Waals surface area contributed by atoms with Gasteiger partial charge in [-0.1, -0.05) is 0 Å². The van der Waals surface area contributed by atoms with Gasteiger partial charge < -0.3 is 16.0 Å². The largest absolute Gasteiger partial charge is 0.355 e. The zero-order valence-corrected chi connectivity index (χ0v) is 11.1. The van der Waals surface area contributed by atoms with Crippen molar-refractivity contribution in [3.63, 3.8) is 0 Å². The molecule has 0 spiro atoms. The molecule has 17 heavy (non-hydrogen) atoms. The summed E-state index contributed by atoms with van der Waals surface area (Å²) in [6.45, 7) is 10.4. The summed E-state index contributed by atoms with van der Waals surface area (Å²) in [7, 11) is 0. The Labute approximate surface area is 104 Å². The molecule has 0 aliphatic carbocycles. The lowest BCUT2D eigenvalue weighted by Crippen LogP contribution is -2.46. The molecule has 1 aliphatic rings. The van der Waals surface area contributed by atoms with Crippen LogP contribution in [0.25, 0.3) is 0 Å². The van der Waals surface area contributed by atoms with E-state index >= 15 is 0 Å². The summed E-state index contributed by atoms with van der Waals surface area (Å²) in [5.41, 5.74) is 5.57. The maximum absolute atomic E-state index is 11.8. The number of rotatable bonds is 5. The summed E-state index contributed by atoms with van der Waals surface area (Å²) in [6.07, 6.45) is 1.11. The molecule has 5 heteroatoms. The van der Waals surface area contributed by atoms with Crippen LogP contribution in [0.2, 0.25) is 0 Å². The van der Waals surface area contributed by atoms with Crippen LogP contribution < -0.4 is 11.1 Å². The Morgan fingerprint density at radius 3 is 2.76 bits per heavy atom. The van der Waals surface area contributed by atoms with Crippen LogP contribution in [-0.2, 0) is 4.79 Å². The predicted molar refractivity (Wildman–Crippen MR) is 69.8 cm³/mol. The van der Waals surface area contributed by atoms with Gasteiger partial charge in [0, 0.05) is 39.3 Å². The van der Waals surface area contributed by atoms with Gasteiger partial charge in [0.05, 0.1) is 6.04 Å². The molecule has 0 radical (unpaired) electrons. The Kier molecular flexibility index (Phi) is 6.47. The number of carbonyl (C=O) groups excluding carboxylic acids is 1. The zero-order valence-electron chi connectivity index (χ0n) is 11.1. The second-order valence-corrected chi connectivity index (χ2v) is 4.59. The van der Waals surface area contributed by atoms with E-state index in [9.17, 15) is 4.79 Å². The van der Waals surface area contributed by atoms with E-state index in [1.165, 1.54) is 0 Å². The molecule has 0 aromatic carbocycles. The molecular weight excluding hydrogens is 216 g/mol. The zero-order chi connectivity index (χ0) is 12.7. The van der Waals surface area contributed by atoms with E-state index in [0.29, 0.717) is 13.1 Å². The number of nitrogens with two attached hydrogens (primary N) is 1. The summed E-state index contributed by atoms with van der Waals surface area (Å²) in [4.78, 5) is 16.4. The van der Waals surface area contributed by atoms with Crippen LogP contribution in [0.1, 0.15) is 20.3 Å². The number of carbonyl (C=O) groups is 1. The third-order valence-corrected chi connectivity index (χ3v) is 3.35. The molecule has 1 amide bonds. The lowest BCUT2D eigenvalue weighted by atomic mass is 10.2. The van der Waals surface area contributed by atoms with Crippen molar-refractivity contribution in [1.82, 2.24) is 15.1 Å². The van der Waals surface area contributed by atoms with Crippen molar-refractivity contribution in [1.29, 1.82) is 0 Å². The van der Waals surface area contributed by atoms with E-state index in [0.717, 1.165) is 39.1 Å². The molecule has 0 bridgehead atoms. The molecule has 1 aliphatic heterocycles.